The van der Waals surface area contributed by atoms with Crippen LogP contribution in [-0.4, -0.2) is 19.6 Å². The van der Waals surface area contributed by atoms with Crippen LogP contribution in [0.1, 0.15) is 52.9 Å². The summed E-state index contributed by atoms with van der Waals surface area (Å²) in [5.74, 6) is 0.690. The van der Waals surface area contributed by atoms with Crippen LogP contribution in [0.3, 0.4) is 0 Å². The van der Waals surface area contributed by atoms with Gasteiger partial charge in [0, 0.05) is 17.7 Å². The third-order valence-corrected chi connectivity index (χ3v) is 4.68. The zero-order chi connectivity index (χ0) is 17.6. The molecule has 1 N–H and O–H groups in total. The Hall–Kier alpha value is -2.33. The molecule has 4 nitrogen and oxygen atoms in total. The summed E-state index contributed by atoms with van der Waals surface area (Å²) in [6, 6.07) is 13.9. The van der Waals surface area contributed by atoms with E-state index in [2.05, 4.69) is 23.5 Å². The summed E-state index contributed by atoms with van der Waals surface area (Å²) in [5.41, 5.74) is 4.11. The Bertz CT molecular complexity index is 742. The van der Waals surface area contributed by atoms with Gasteiger partial charge < -0.3 is 14.8 Å². The summed E-state index contributed by atoms with van der Waals surface area (Å²) < 4.78 is 10.8. The summed E-state index contributed by atoms with van der Waals surface area (Å²) in [7, 11) is 1.63. The molecule has 0 aromatic heterocycles. The predicted octanol–water partition coefficient (Wildman–Crippen LogP) is 4.04. The first kappa shape index (κ1) is 17.5. The number of benzene rings is 2. The van der Waals surface area contributed by atoms with Crippen molar-refractivity contribution in [2.24, 2.45) is 0 Å². The molecule has 1 atom stereocenters. The molecule has 2 aromatic rings. The fraction of sp³-hybridized carbons (Fsp3) is 0.381. The van der Waals surface area contributed by atoms with Crippen molar-refractivity contribution in [1.29, 1.82) is 0 Å². The van der Waals surface area contributed by atoms with Crippen molar-refractivity contribution in [2.75, 3.05) is 13.7 Å². The van der Waals surface area contributed by atoms with Crippen molar-refractivity contribution < 1.29 is 14.3 Å². The van der Waals surface area contributed by atoms with Crippen molar-refractivity contribution in [3.8, 4) is 5.75 Å². The SMILES string of the molecule is CCOCc1cc(C(=O)N[C@H]2CCCc3ccccc32)ccc1OC. The molecule has 0 aliphatic heterocycles. The number of nitrogens with one attached hydrogen (secondary N) is 1. The van der Waals surface area contributed by atoms with Crippen molar-refractivity contribution in [1.82, 2.24) is 5.32 Å². The quantitative estimate of drug-likeness (QED) is 0.864. The average molecular weight is 339 g/mol. The van der Waals surface area contributed by atoms with E-state index in [1.54, 1.807) is 13.2 Å². The standard InChI is InChI=1S/C21H25NO3/c1-3-25-14-17-13-16(11-12-20(17)24-2)21(23)22-19-10-6-8-15-7-4-5-9-18(15)19/h4-5,7,9,11-13,19H,3,6,8,10,14H2,1-2H3,(H,22,23)/t19-/m0/s1. The zero-order valence-electron chi connectivity index (χ0n) is 14.9. The van der Waals surface area contributed by atoms with E-state index in [4.69, 9.17) is 9.47 Å². The Morgan fingerprint density at radius 3 is 2.88 bits per heavy atom. The maximum atomic E-state index is 12.8. The second-order valence-electron chi connectivity index (χ2n) is 6.28. The number of fused-ring (bicyclic) bond motifs is 1. The van der Waals surface area contributed by atoms with E-state index in [1.807, 2.05) is 25.1 Å². The lowest BCUT2D eigenvalue weighted by atomic mass is 9.87. The molecule has 0 spiro atoms. The zero-order valence-corrected chi connectivity index (χ0v) is 14.9. The van der Waals surface area contributed by atoms with Crippen LogP contribution in [0.15, 0.2) is 42.5 Å². The van der Waals surface area contributed by atoms with Gasteiger partial charge in [-0.05, 0) is 55.5 Å². The first-order chi connectivity index (χ1) is 12.2. The molecule has 132 valence electrons. The lowest BCUT2D eigenvalue weighted by Gasteiger charge is -2.26. The fourth-order valence-electron chi connectivity index (χ4n) is 3.39. The maximum Gasteiger partial charge on any atom is 0.251 e. The second kappa shape index (κ2) is 8.17. The van der Waals surface area contributed by atoms with Gasteiger partial charge in [-0.15, -0.1) is 0 Å². The number of aryl methyl sites for hydroxylation is 1. The summed E-state index contributed by atoms with van der Waals surface area (Å²) in [4.78, 5) is 12.8. The average Bonchev–Trinajstić information content (AvgIpc) is 2.66. The highest BCUT2D eigenvalue weighted by atomic mass is 16.5. The number of methoxy groups -OCH3 is 1. The van der Waals surface area contributed by atoms with Crippen molar-refractivity contribution >= 4 is 5.91 Å². The molecule has 0 unspecified atom stereocenters. The fourth-order valence-corrected chi connectivity index (χ4v) is 3.39. The molecule has 0 radical (unpaired) electrons. The molecular formula is C21H25NO3. The van der Waals surface area contributed by atoms with Gasteiger partial charge in [-0.2, -0.15) is 0 Å². The van der Waals surface area contributed by atoms with E-state index >= 15 is 0 Å². The van der Waals surface area contributed by atoms with Gasteiger partial charge in [0.25, 0.3) is 5.91 Å². The van der Waals surface area contributed by atoms with E-state index in [-0.39, 0.29) is 11.9 Å². The highest BCUT2D eigenvalue weighted by Gasteiger charge is 2.22. The smallest absolute Gasteiger partial charge is 0.251 e. The molecular weight excluding hydrogens is 314 g/mol. The minimum Gasteiger partial charge on any atom is -0.496 e. The van der Waals surface area contributed by atoms with E-state index in [9.17, 15) is 4.79 Å². The van der Waals surface area contributed by atoms with Gasteiger partial charge in [-0.25, -0.2) is 0 Å². The van der Waals surface area contributed by atoms with Crippen LogP contribution in [0.5, 0.6) is 5.75 Å². The monoisotopic (exact) mass is 339 g/mol. The Labute approximate surface area is 149 Å². The van der Waals surface area contributed by atoms with Gasteiger partial charge in [0.1, 0.15) is 5.75 Å². The van der Waals surface area contributed by atoms with Crippen molar-refractivity contribution in [3.05, 3.63) is 64.7 Å². The van der Waals surface area contributed by atoms with Crippen LogP contribution >= 0.6 is 0 Å². The van der Waals surface area contributed by atoms with Gasteiger partial charge in [0.15, 0.2) is 0 Å². The highest BCUT2D eigenvalue weighted by Crippen LogP contribution is 2.30. The number of ether oxygens (including phenoxy) is 2. The van der Waals surface area contributed by atoms with Gasteiger partial charge in [-0.1, -0.05) is 24.3 Å². The number of rotatable bonds is 6. The van der Waals surface area contributed by atoms with Crippen LogP contribution in [0.25, 0.3) is 0 Å². The van der Waals surface area contributed by atoms with Crippen molar-refractivity contribution in [2.45, 2.75) is 38.8 Å². The molecule has 3 rings (SSSR count). The van der Waals surface area contributed by atoms with E-state index in [1.165, 1.54) is 11.1 Å². The first-order valence-corrected chi connectivity index (χ1v) is 8.86. The third kappa shape index (κ3) is 4.02. The van der Waals surface area contributed by atoms with Crippen molar-refractivity contribution in [3.63, 3.8) is 0 Å². The van der Waals surface area contributed by atoms with E-state index in [0.29, 0.717) is 18.8 Å². The molecule has 0 saturated carbocycles. The Morgan fingerprint density at radius 1 is 1.24 bits per heavy atom. The molecule has 1 aliphatic carbocycles. The number of carbonyl (C=O) groups is 1. The topological polar surface area (TPSA) is 47.6 Å². The number of hydrogen-bond acceptors (Lipinski definition) is 3. The maximum absolute atomic E-state index is 12.8. The van der Waals surface area contributed by atoms with Crippen LogP contribution in [-0.2, 0) is 17.8 Å². The molecule has 0 fully saturated rings. The second-order valence-corrected chi connectivity index (χ2v) is 6.28. The molecule has 25 heavy (non-hydrogen) atoms. The van der Waals surface area contributed by atoms with Gasteiger partial charge in [0.2, 0.25) is 0 Å². The Kier molecular flexibility index (Phi) is 5.71. The summed E-state index contributed by atoms with van der Waals surface area (Å²) in [6.45, 7) is 3.01. The molecule has 4 heteroatoms. The van der Waals surface area contributed by atoms with Gasteiger partial charge >= 0.3 is 0 Å². The minimum atomic E-state index is -0.0536. The molecule has 1 amide bonds. The summed E-state index contributed by atoms with van der Waals surface area (Å²) in [5, 5.41) is 3.19. The molecule has 0 heterocycles. The summed E-state index contributed by atoms with van der Waals surface area (Å²) >= 11 is 0. The minimum absolute atomic E-state index is 0.0536. The lowest BCUT2D eigenvalue weighted by Crippen LogP contribution is -2.31. The Balaban J connectivity index is 1.78. The lowest BCUT2D eigenvalue weighted by molar-refractivity contribution is 0.0932. The van der Waals surface area contributed by atoms with Crippen LogP contribution in [0, 0.1) is 0 Å². The molecule has 0 bridgehead atoms. The summed E-state index contributed by atoms with van der Waals surface area (Å²) in [6.07, 6.45) is 3.16. The third-order valence-electron chi connectivity index (χ3n) is 4.68. The number of hydrogen-bond donors (Lipinski definition) is 1. The molecule has 2 aromatic carbocycles. The van der Waals surface area contributed by atoms with Gasteiger partial charge in [0.05, 0.1) is 19.8 Å². The van der Waals surface area contributed by atoms with E-state index in [0.717, 1.165) is 30.6 Å². The number of amides is 1. The number of carbonyl (C=O) groups excluding carboxylic acids is 1. The highest BCUT2D eigenvalue weighted by molar-refractivity contribution is 5.94. The largest absolute Gasteiger partial charge is 0.496 e. The van der Waals surface area contributed by atoms with E-state index < -0.39 is 0 Å². The normalized spacial score (nSPS) is 16.2. The van der Waals surface area contributed by atoms with Crippen LogP contribution < -0.4 is 10.1 Å². The van der Waals surface area contributed by atoms with Crippen LogP contribution in [0.2, 0.25) is 0 Å². The van der Waals surface area contributed by atoms with Gasteiger partial charge in [-0.3, -0.25) is 4.79 Å². The molecule has 1 aliphatic rings. The first-order valence-electron chi connectivity index (χ1n) is 8.86. The predicted molar refractivity (Wildman–Crippen MR) is 97.9 cm³/mol. The molecule has 0 saturated heterocycles. The van der Waals surface area contributed by atoms with Crippen LogP contribution in [0.4, 0.5) is 0 Å². The Morgan fingerprint density at radius 2 is 2.08 bits per heavy atom.